The zero-order valence-electron chi connectivity index (χ0n) is 16.8. The van der Waals surface area contributed by atoms with Crippen molar-refractivity contribution in [3.63, 3.8) is 0 Å². The lowest BCUT2D eigenvalue weighted by Gasteiger charge is -2.44. The molecule has 2 saturated heterocycles. The molecule has 0 aromatic carbocycles. The van der Waals surface area contributed by atoms with Gasteiger partial charge >= 0.3 is 0 Å². The number of piperidine rings is 1. The molecule has 26 heavy (non-hydrogen) atoms. The number of hydrogen-bond acceptors (Lipinski definition) is 6. The summed E-state index contributed by atoms with van der Waals surface area (Å²) in [5.41, 5.74) is -0.503. The Morgan fingerprint density at radius 1 is 0.923 bits per heavy atom. The Bertz CT molecular complexity index is 673. The molecule has 9 heteroatoms. The minimum absolute atomic E-state index is 0.0746. The van der Waals surface area contributed by atoms with Crippen LogP contribution >= 0.6 is 0 Å². The van der Waals surface area contributed by atoms with E-state index in [1.165, 1.54) is 6.26 Å². The van der Waals surface area contributed by atoms with Crippen LogP contribution in [0.3, 0.4) is 0 Å². The second-order valence-corrected chi connectivity index (χ2v) is 12.9. The standard InChI is InChI=1S/C17H35N3O4S2/c1-15(2)18-10-12-20(13-11-18)26(23,24)14-17(3,4)19-8-6-16(7-9-19)25(5,21)22/h15-16H,6-14H2,1-5H3. The van der Waals surface area contributed by atoms with Gasteiger partial charge in [-0.2, -0.15) is 4.31 Å². The Balaban J connectivity index is 1.96. The third-order valence-corrected chi connectivity index (χ3v) is 9.74. The van der Waals surface area contributed by atoms with E-state index in [0.717, 1.165) is 13.1 Å². The highest BCUT2D eigenvalue weighted by Crippen LogP contribution is 2.26. The monoisotopic (exact) mass is 409 g/mol. The van der Waals surface area contributed by atoms with Crippen LogP contribution in [0.25, 0.3) is 0 Å². The van der Waals surface area contributed by atoms with Crippen molar-refractivity contribution in [3.8, 4) is 0 Å². The van der Waals surface area contributed by atoms with E-state index in [-0.39, 0.29) is 11.0 Å². The van der Waals surface area contributed by atoms with Crippen LogP contribution in [-0.4, -0.2) is 99.0 Å². The number of piperazine rings is 1. The number of nitrogens with zero attached hydrogens (tertiary/aromatic N) is 3. The van der Waals surface area contributed by atoms with Gasteiger partial charge in [0.25, 0.3) is 0 Å². The third-order valence-electron chi connectivity index (χ3n) is 5.84. The first-order chi connectivity index (χ1) is 11.8. The van der Waals surface area contributed by atoms with Gasteiger partial charge in [-0.05, 0) is 53.6 Å². The highest BCUT2D eigenvalue weighted by atomic mass is 32.2. The molecular formula is C17H35N3O4S2. The number of likely N-dealkylation sites (tertiary alicyclic amines) is 1. The molecule has 2 rings (SSSR count). The molecule has 0 aromatic rings. The van der Waals surface area contributed by atoms with Gasteiger partial charge in [0.2, 0.25) is 10.0 Å². The Morgan fingerprint density at radius 2 is 1.42 bits per heavy atom. The predicted octanol–water partition coefficient (Wildman–Crippen LogP) is 0.630. The van der Waals surface area contributed by atoms with E-state index < -0.39 is 25.4 Å². The number of sulfone groups is 1. The first kappa shape index (κ1) is 22.1. The third kappa shape index (κ3) is 5.41. The van der Waals surface area contributed by atoms with Crippen molar-refractivity contribution >= 4 is 19.9 Å². The van der Waals surface area contributed by atoms with Crippen LogP contribution in [0, 0.1) is 0 Å². The first-order valence-corrected chi connectivity index (χ1v) is 13.0. The van der Waals surface area contributed by atoms with E-state index in [4.69, 9.17) is 0 Å². The van der Waals surface area contributed by atoms with E-state index >= 15 is 0 Å². The summed E-state index contributed by atoms with van der Waals surface area (Å²) in [6, 6.07) is 0.437. The van der Waals surface area contributed by atoms with Crippen LogP contribution in [0.4, 0.5) is 0 Å². The zero-order chi connectivity index (χ0) is 19.8. The molecule has 2 aliphatic heterocycles. The second kappa shape index (κ2) is 8.03. The summed E-state index contributed by atoms with van der Waals surface area (Å²) in [7, 11) is -6.35. The van der Waals surface area contributed by atoms with Crippen molar-refractivity contribution in [2.75, 3.05) is 51.3 Å². The maximum atomic E-state index is 12.9. The number of rotatable bonds is 6. The average molecular weight is 410 g/mol. The first-order valence-electron chi connectivity index (χ1n) is 9.49. The molecular weight excluding hydrogens is 374 g/mol. The smallest absolute Gasteiger partial charge is 0.215 e. The quantitative estimate of drug-likeness (QED) is 0.640. The Morgan fingerprint density at radius 3 is 1.85 bits per heavy atom. The molecule has 0 N–H and O–H groups in total. The van der Waals surface area contributed by atoms with Gasteiger partial charge < -0.3 is 0 Å². The summed E-state index contributed by atoms with van der Waals surface area (Å²) in [5, 5.41) is -0.296. The van der Waals surface area contributed by atoms with Crippen LogP contribution < -0.4 is 0 Å². The molecule has 7 nitrogen and oxygen atoms in total. The highest BCUT2D eigenvalue weighted by Gasteiger charge is 2.39. The van der Waals surface area contributed by atoms with Gasteiger partial charge in [0.1, 0.15) is 9.84 Å². The summed E-state index contributed by atoms with van der Waals surface area (Å²) in [4.78, 5) is 4.43. The van der Waals surface area contributed by atoms with Gasteiger partial charge in [-0.1, -0.05) is 0 Å². The van der Waals surface area contributed by atoms with Crippen molar-refractivity contribution in [2.24, 2.45) is 0 Å². The van der Waals surface area contributed by atoms with Crippen molar-refractivity contribution in [1.82, 2.24) is 14.1 Å². The molecule has 2 aliphatic rings. The van der Waals surface area contributed by atoms with Crippen LogP contribution in [0.5, 0.6) is 0 Å². The van der Waals surface area contributed by atoms with Gasteiger partial charge in [-0.3, -0.25) is 9.80 Å². The van der Waals surface area contributed by atoms with Crippen LogP contribution in [-0.2, 0) is 19.9 Å². The maximum Gasteiger partial charge on any atom is 0.215 e. The average Bonchev–Trinajstić information content (AvgIpc) is 2.53. The Labute approximate surface area is 159 Å². The van der Waals surface area contributed by atoms with Crippen LogP contribution in [0.2, 0.25) is 0 Å². The van der Waals surface area contributed by atoms with Gasteiger partial charge in [-0.25, -0.2) is 16.8 Å². The summed E-state index contributed by atoms with van der Waals surface area (Å²) in [5.74, 6) is 0.0746. The van der Waals surface area contributed by atoms with E-state index in [0.29, 0.717) is 45.1 Å². The topological polar surface area (TPSA) is 78.0 Å². The van der Waals surface area contributed by atoms with Crippen molar-refractivity contribution in [2.45, 2.75) is 57.4 Å². The van der Waals surface area contributed by atoms with Crippen LogP contribution in [0.1, 0.15) is 40.5 Å². The highest BCUT2D eigenvalue weighted by molar-refractivity contribution is 7.91. The molecule has 0 unspecified atom stereocenters. The molecule has 0 saturated carbocycles. The Hall–Kier alpha value is -0.220. The largest absolute Gasteiger partial charge is 0.298 e. The summed E-state index contributed by atoms with van der Waals surface area (Å²) < 4.78 is 50.9. The van der Waals surface area contributed by atoms with Crippen molar-refractivity contribution < 1.29 is 16.8 Å². The molecule has 0 aromatic heterocycles. The molecule has 154 valence electrons. The summed E-state index contributed by atoms with van der Waals surface area (Å²) in [6.45, 7) is 12.1. The summed E-state index contributed by atoms with van der Waals surface area (Å²) >= 11 is 0. The van der Waals surface area contributed by atoms with Crippen LogP contribution in [0.15, 0.2) is 0 Å². The molecule has 2 fully saturated rings. The van der Waals surface area contributed by atoms with Gasteiger partial charge in [0.15, 0.2) is 0 Å². The van der Waals surface area contributed by atoms with E-state index in [9.17, 15) is 16.8 Å². The Kier molecular flexibility index (Phi) is 6.82. The lowest BCUT2D eigenvalue weighted by atomic mass is 10.0. The molecule has 0 radical (unpaired) electrons. The predicted molar refractivity (Wildman–Crippen MR) is 106 cm³/mol. The van der Waals surface area contributed by atoms with Crippen molar-refractivity contribution in [3.05, 3.63) is 0 Å². The van der Waals surface area contributed by atoms with Crippen molar-refractivity contribution in [1.29, 1.82) is 0 Å². The number of hydrogen-bond donors (Lipinski definition) is 0. The fourth-order valence-corrected chi connectivity index (χ4v) is 7.06. The fraction of sp³-hybridized carbons (Fsp3) is 1.00. The van der Waals surface area contributed by atoms with E-state index in [1.807, 2.05) is 13.8 Å². The molecule has 0 atom stereocenters. The number of sulfonamides is 1. The van der Waals surface area contributed by atoms with Gasteiger partial charge in [0, 0.05) is 44.0 Å². The fourth-order valence-electron chi connectivity index (χ4n) is 4.02. The summed E-state index contributed by atoms with van der Waals surface area (Å²) in [6.07, 6.45) is 2.45. The van der Waals surface area contributed by atoms with Gasteiger partial charge in [0.05, 0.1) is 11.0 Å². The normalized spacial score (nSPS) is 23.6. The lowest BCUT2D eigenvalue weighted by molar-refractivity contribution is 0.111. The maximum absolute atomic E-state index is 12.9. The molecule has 0 bridgehead atoms. The minimum atomic E-state index is -3.33. The SMILES string of the molecule is CC(C)N1CCN(S(=O)(=O)CC(C)(C)N2CCC(S(C)(=O)=O)CC2)CC1. The van der Waals surface area contributed by atoms with E-state index in [1.54, 1.807) is 4.31 Å². The molecule has 0 aliphatic carbocycles. The molecule has 0 spiro atoms. The van der Waals surface area contributed by atoms with E-state index in [2.05, 4.69) is 23.6 Å². The minimum Gasteiger partial charge on any atom is -0.298 e. The second-order valence-electron chi connectivity index (χ2n) is 8.61. The molecule has 0 amide bonds. The lowest BCUT2D eigenvalue weighted by Crippen LogP contribution is -2.57. The molecule has 2 heterocycles. The van der Waals surface area contributed by atoms with Gasteiger partial charge in [-0.15, -0.1) is 0 Å². The zero-order valence-corrected chi connectivity index (χ0v) is 18.4.